The van der Waals surface area contributed by atoms with Crippen LogP contribution in [0.15, 0.2) is 37.9 Å². The van der Waals surface area contributed by atoms with E-state index in [0.717, 1.165) is 11.3 Å². The summed E-state index contributed by atoms with van der Waals surface area (Å²) in [5.41, 5.74) is 0.898. The lowest BCUT2D eigenvalue weighted by Gasteiger charge is -2.39. The van der Waals surface area contributed by atoms with Crippen molar-refractivity contribution in [2.24, 2.45) is 0 Å². The zero-order valence-corrected chi connectivity index (χ0v) is 25.5. The molecule has 3 aliphatic heterocycles. The van der Waals surface area contributed by atoms with Crippen molar-refractivity contribution in [1.29, 1.82) is 0 Å². The Balaban J connectivity index is 1.33. The maximum atomic E-state index is 14.2. The fourth-order valence-electron chi connectivity index (χ4n) is 6.22. The molecule has 0 radical (unpaired) electrons. The molecule has 3 N–H and O–H groups in total. The van der Waals surface area contributed by atoms with Crippen molar-refractivity contribution < 1.29 is 32.7 Å². The number of nitrogens with one attached hydrogen (secondary N) is 3. The molecule has 14 nitrogen and oxygen atoms in total. The summed E-state index contributed by atoms with van der Waals surface area (Å²) in [7, 11) is 3.19. The summed E-state index contributed by atoms with van der Waals surface area (Å²) in [5, 5.41) is 8.59. The largest absolute Gasteiger partial charge is 0.519 e. The minimum absolute atomic E-state index is 0.0543. The lowest BCUT2D eigenvalue weighted by Crippen LogP contribution is -2.63. The van der Waals surface area contributed by atoms with Gasteiger partial charge in [-0.15, -0.1) is 0 Å². The molecule has 238 valence electrons. The number of hydrogen-bond acceptors (Lipinski definition) is 9. The van der Waals surface area contributed by atoms with Crippen LogP contribution in [0.4, 0.5) is 4.79 Å². The number of benzene rings is 1. The smallest absolute Gasteiger partial charge is 0.493 e. The van der Waals surface area contributed by atoms with Crippen LogP contribution < -0.4 is 26.5 Å². The van der Waals surface area contributed by atoms with E-state index in [1.807, 2.05) is 24.3 Å². The second kappa shape index (κ2) is 13.1. The number of fused-ring (bicyclic) bond motifs is 2. The molecule has 2 saturated heterocycles. The molecule has 4 heterocycles. The van der Waals surface area contributed by atoms with Crippen molar-refractivity contribution in [3.63, 3.8) is 0 Å². The van der Waals surface area contributed by atoms with Gasteiger partial charge in [0.25, 0.3) is 0 Å². The summed E-state index contributed by atoms with van der Waals surface area (Å²) in [6.07, 6.45) is 2.20. The molecule has 0 aliphatic carbocycles. The number of carbonyl (C=O) groups excluding carboxylic acids is 4. The second-order valence-corrected chi connectivity index (χ2v) is 11.6. The van der Waals surface area contributed by atoms with Crippen molar-refractivity contribution in [2.75, 3.05) is 33.8 Å². The lowest BCUT2D eigenvalue weighted by atomic mass is 10.00. The van der Waals surface area contributed by atoms with Gasteiger partial charge in [0.2, 0.25) is 17.7 Å². The first-order valence-corrected chi connectivity index (χ1v) is 15.0. The van der Waals surface area contributed by atoms with Gasteiger partial charge in [0.15, 0.2) is 5.76 Å². The number of rotatable bonds is 7. The average Bonchev–Trinajstić information content (AvgIpc) is 3.57. The molecule has 44 heavy (non-hydrogen) atoms. The van der Waals surface area contributed by atoms with Crippen molar-refractivity contribution >= 4 is 23.8 Å². The van der Waals surface area contributed by atoms with E-state index in [1.54, 1.807) is 30.7 Å². The third-order valence-corrected chi connectivity index (χ3v) is 8.85. The van der Waals surface area contributed by atoms with Gasteiger partial charge in [0.1, 0.15) is 23.6 Å². The third kappa shape index (κ3) is 6.44. The Kier molecular flexibility index (Phi) is 9.28. The number of nitrogens with zero attached hydrogens (tertiary/aromatic N) is 3. The number of ether oxygens (including phenoxy) is 1. The van der Waals surface area contributed by atoms with E-state index >= 15 is 0 Å². The van der Waals surface area contributed by atoms with Crippen LogP contribution in [0.1, 0.15) is 55.7 Å². The quantitative estimate of drug-likeness (QED) is 0.412. The first-order valence-electron chi connectivity index (χ1n) is 15.0. The van der Waals surface area contributed by atoms with Crippen LogP contribution in [0.3, 0.4) is 0 Å². The number of para-hydroxylation sites is 1. The Morgan fingerprint density at radius 1 is 1.05 bits per heavy atom. The minimum Gasteiger partial charge on any atom is -0.493 e. The van der Waals surface area contributed by atoms with E-state index in [1.165, 1.54) is 11.9 Å². The molecule has 1 aromatic carbocycles. The van der Waals surface area contributed by atoms with Crippen LogP contribution in [0.25, 0.3) is 0 Å². The summed E-state index contributed by atoms with van der Waals surface area (Å²) < 4.78 is 15.7. The molecule has 1 aromatic heterocycles. The van der Waals surface area contributed by atoms with Gasteiger partial charge in [0, 0.05) is 31.6 Å². The van der Waals surface area contributed by atoms with Gasteiger partial charge >= 0.3 is 11.9 Å². The molecule has 5 amide bonds. The summed E-state index contributed by atoms with van der Waals surface area (Å²) >= 11 is 0. The highest BCUT2D eigenvalue weighted by molar-refractivity contribution is 5.94. The minimum atomic E-state index is -1.08. The zero-order valence-electron chi connectivity index (χ0n) is 25.5. The molecule has 0 spiro atoms. The number of carbonyl (C=O) groups is 4. The predicted octanol–water partition coefficient (Wildman–Crippen LogP) is 0.891. The molecule has 2 fully saturated rings. The average molecular weight is 613 g/mol. The fourth-order valence-corrected chi connectivity index (χ4v) is 6.22. The highest BCUT2D eigenvalue weighted by Gasteiger charge is 2.46. The van der Waals surface area contributed by atoms with Crippen LogP contribution in [0, 0.1) is 6.92 Å². The third-order valence-electron chi connectivity index (χ3n) is 8.85. The van der Waals surface area contributed by atoms with Gasteiger partial charge in [0.05, 0.1) is 31.8 Å². The summed E-state index contributed by atoms with van der Waals surface area (Å²) in [4.78, 5) is 70.3. The van der Waals surface area contributed by atoms with Crippen LogP contribution >= 0.6 is 0 Å². The van der Waals surface area contributed by atoms with Gasteiger partial charge in [-0.25, -0.2) is 9.59 Å². The van der Waals surface area contributed by atoms with Gasteiger partial charge < -0.3 is 39.3 Å². The maximum Gasteiger partial charge on any atom is 0.519 e. The number of urea groups is 1. The molecule has 2 aromatic rings. The van der Waals surface area contributed by atoms with Gasteiger partial charge in [-0.3, -0.25) is 19.3 Å². The van der Waals surface area contributed by atoms with Crippen molar-refractivity contribution in [3.8, 4) is 5.75 Å². The molecule has 5 rings (SSSR count). The van der Waals surface area contributed by atoms with E-state index in [4.69, 9.17) is 13.6 Å². The molecule has 0 unspecified atom stereocenters. The Bertz CT molecular complexity index is 1450. The summed E-state index contributed by atoms with van der Waals surface area (Å²) in [6.45, 7) is 4.16. The Labute approximate surface area is 255 Å². The molecule has 0 saturated carbocycles. The van der Waals surface area contributed by atoms with Crippen LogP contribution in [-0.4, -0.2) is 96.4 Å². The fraction of sp³-hybridized carbons (Fsp3) is 0.567. The highest BCUT2D eigenvalue weighted by Crippen LogP contribution is 2.34. The number of amides is 5. The molecule has 0 bridgehead atoms. The summed E-state index contributed by atoms with van der Waals surface area (Å²) in [6, 6.07) is 4.20. The van der Waals surface area contributed by atoms with Crippen LogP contribution in [0.5, 0.6) is 5.75 Å². The first kappa shape index (κ1) is 31.1. The molecule has 3 aliphatic rings. The van der Waals surface area contributed by atoms with Crippen LogP contribution in [-0.2, 0) is 20.9 Å². The SMILES string of the molecule is CNC(=O)N1CC[C@H]2CC[C@@H](C(=O)N[C@@H]3CCOc4ccccc43)N2C(=O)[C@@H](NC(=O)[C@H](C)N(C)Cc2oc(=O)oc2C)C1. The predicted molar refractivity (Wildman–Crippen MR) is 157 cm³/mol. The van der Waals surface area contributed by atoms with E-state index in [-0.39, 0.29) is 37.1 Å². The zero-order chi connectivity index (χ0) is 31.5. The Hall–Kier alpha value is -4.33. The van der Waals surface area contributed by atoms with Gasteiger partial charge in [-0.1, -0.05) is 18.2 Å². The Morgan fingerprint density at radius 2 is 1.82 bits per heavy atom. The highest BCUT2D eigenvalue weighted by atomic mass is 16.6. The molecular formula is C30H40N6O8. The number of hydrogen-bond donors (Lipinski definition) is 3. The lowest BCUT2D eigenvalue weighted by molar-refractivity contribution is -0.145. The summed E-state index contributed by atoms with van der Waals surface area (Å²) in [5.74, 6) is -0.586. The number of likely N-dealkylation sites (N-methyl/N-ethyl adjacent to an activating group) is 1. The standard InChI is InChI=1S/C30H40N6O8/c1-17(34(4)16-25-18(2)43-30(41)44-25)26(37)33-22-15-35(29(40)31-3)13-11-19-9-10-23(36(19)28(22)39)27(38)32-21-12-14-42-24-8-6-5-7-20(21)24/h5-8,17,19,21-23H,9-16H2,1-4H3,(H,31,40)(H,32,38)(H,33,37)/t17-,19+,21+,22-,23-/m0/s1. The van der Waals surface area contributed by atoms with E-state index < -0.39 is 35.8 Å². The van der Waals surface area contributed by atoms with Crippen LogP contribution in [0.2, 0.25) is 0 Å². The monoisotopic (exact) mass is 612 g/mol. The molecule has 5 atom stereocenters. The van der Waals surface area contributed by atoms with Crippen molar-refractivity contribution in [3.05, 3.63) is 52.0 Å². The number of aryl methyl sites for hydroxylation is 1. The normalized spacial score (nSPS) is 24.0. The van der Waals surface area contributed by atoms with E-state index in [9.17, 15) is 24.0 Å². The Morgan fingerprint density at radius 3 is 2.55 bits per heavy atom. The molecular weight excluding hydrogens is 572 g/mol. The van der Waals surface area contributed by atoms with E-state index in [0.29, 0.717) is 50.4 Å². The van der Waals surface area contributed by atoms with Crippen molar-refractivity contribution in [1.82, 2.24) is 30.7 Å². The van der Waals surface area contributed by atoms with Crippen molar-refractivity contribution in [2.45, 2.75) is 76.3 Å². The topological polar surface area (TPSA) is 167 Å². The first-order chi connectivity index (χ1) is 21.1. The van der Waals surface area contributed by atoms with Gasteiger partial charge in [-0.05, 0) is 46.2 Å². The molecule has 14 heteroatoms. The van der Waals surface area contributed by atoms with Gasteiger partial charge in [-0.2, -0.15) is 0 Å². The second-order valence-electron chi connectivity index (χ2n) is 11.6. The van der Waals surface area contributed by atoms with E-state index in [2.05, 4.69) is 16.0 Å². The maximum absolute atomic E-state index is 14.2.